The van der Waals surface area contributed by atoms with Gasteiger partial charge in [0.25, 0.3) is 5.91 Å². The molecule has 0 aliphatic carbocycles. The highest BCUT2D eigenvalue weighted by atomic mass is 35.5. The summed E-state index contributed by atoms with van der Waals surface area (Å²) in [7, 11) is 0. The van der Waals surface area contributed by atoms with Crippen LogP contribution in [0.1, 0.15) is 18.4 Å². The number of hydrogen-bond donors (Lipinski definition) is 2. The predicted octanol–water partition coefficient (Wildman–Crippen LogP) is 1.36. The number of amides is 2. The van der Waals surface area contributed by atoms with E-state index >= 15 is 0 Å². The first kappa shape index (κ1) is 13.5. The Labute approximate surface area is 113 Å². The summed E-state index contributed by atoms with van der Waals surface area (Å²) in [5, 5.41) is 6.58. The molecule has 2 rings (SSSR count). The number of carbonyl (C=O) groups excluding carboxylic acids is 2. The van der Waals surface area contributed by atoms with Gasteiger partial charge in [0.1, 0.15) is 11.5 Å². The van der Waals surface area contributed by atoms with Gasteiger partial charge in [-0.3, -0.25) is 9.59 Å². The molecular weight excluding hydrogens is 273 g/mol. The lowest BCUT2D eigenvalue weighted by Gasteiger charge is -2.12. The Hall–Kier alpha value is -1.95. The normalized spacial score (nSPS) is 14.6. The van der Waals surface area contributed by atoms with E-state index in [2.05, 4.69) is 15.8 Å². The number of nitrogens with one attached hydrogen (secondary N) is 2. The van der Waals surface area contributed by atoms with E-state index in [4.69, 9.17) is 11.6 Å². The van der Waals surface area contributed by atoms with Gasteiger partial charge >= 0.3 is 0 Å². The van der Waals surface area contributed by atoms with E-state index in [1.807, 2.05) is 0 Å². The quantitative estimate of drug-likeness (QED) is 0.879. The Morgan fingerprint density at radius 2 is 2.26 bits per heavy atom. The van der Waals surface area contributed by atoms with Crippen LogP contribution in [0.25, 0.3) is 0 Å². The number of halogens is 2. The van der Waals surface area contributed by atoms with Crippen molar-refractivity contribution in [2.24, 2.45) is 5.10 Å². The molecule has 5 nitrogen and oxygen atoms in total. The van der Waals surface area contributed by atoms with E-state index in [1.54, 1.807) is 0 Å². The maximum Gasteiger partial charge on any atom is 0.267 e. The standard InChI is InChI=1S/C12H11ClFN3O2/c13-8-1-2-9(14)7(5-8)6-15-12(19)10-3-4-11(18)17-16-10/h1-2,5H,3-4,6H2,(H,15,19)(H,17,18). The Bertz CT molecular complexity index is 560. The molecule has 1 aromatic carbocycles. The van der Waals surface area contributed by atoms with E-state index < -0.39 is 11.7 Å². The largest absolute Gasteiger partial charge is 0.347 e. The van der Waals surface area contributed by atoms with Crippen molar-refractivity contribution in [3.05, 3.63) is 34.6 Å². The number of hydrazone groups is 1. The van der Waals surface area contributed by atoms with Crippen LogP contribution >= 0.6 is 11.6 Å². The first-order valence-corrected chi connectivity index (χ1v) is 6.01. The molecule has 0 saturated carbocycles. The summed E-state index contributed by atoms with van der Waals surface area (Å²) in [6.45, 7) is 0.0121. The number of carbonyl (C=O) groups is 2. The van der Waals surface area contributed by atoms with Gasteiger partial charge in [-0.1, -0.05) is 11.6 Å². The Morgan fingerprint density at radius 1 is 1.47 bits per heavy atom. The van der Waals surface area contributed by atoms with Crippen molar-refractivity contribution in [3.8, 4) is 0 Å². The second-order valence-corrected chi connectivity index (χ2v) is 4.45. The van der Waals surface area contributed by atoms with Crippen LogP contribution in [0.5, 0.6) is 0 Å². The molecule has 1 heterocycles. The summed E-state index contributed by atoms with van der Waals surface area (Å²) in [5.74, 6) is -1.10. The summed E-state index contributed by atoms with van der Waals surface area (Å²) >= 11 is 5.75. The average molecular weight is 284 g/mol. The third-order valence-electron chi connectivity index (χ3n) is 2.61. The molecule has 0 aromatic heterocycles. The molecule has 1 aromatic rings. The highest BCUT2D eigenvalue weighted by molar-refractivity contribution is 6.39. The van der Waals surface area contributed by atoms with E-state index in [1.165, 1.54) is 18.2 Å². The number of nitrogens with zero attached hydrogens (tertiary/aromatic N) is 1. The van der Waals surface area contributed by atoms with Crippen LogP contribution in [0.2, 0.25) is 5.02 Å². The molecule has 1 aliphatic heterocycles. The lowest BCUT2D eigenvalue weighted by Crippen LogP contribution is -2.36. The lowest BCUT2D eigenvalue weighted by molar-refractivity contribution is -0.121. The zero-order valence-electron chi connectivity index (χ0n) is 9.87. The molecular formula is C12H11ClFN3O2. The van der Waals surface area contributed by atoms with E-state index in [9.17, 15) is 14.0 Å². The molecule has 7 heteroatoms. The van der Waals surface area contributed by atoms with Gasteiger partial charge in [-0.25, -0.2) is 9.82 Å². The van der Waals surface area contributed by atoms with Crippen LogP contribution in [0, 0.1) is 5.82 Å². The molecule has 100 valence electrons. The fourth-order valence-electron chi connectivity index (χ4n) is 1.59. The van der Waals surface area contributed by atoms with Crippen LogP contribution in [-0.4, -0.2) is 17.5 Å². The molecule has 19 heavy (non-hydrogen) atoms. The van der Waals surface area contributed by atoms with Gasteiger partial charge in [0, 0.05) is 30.0 Å². The predicted molar refractivity (Wildman–Crippen MR) is 68.1 cm³/mol. The number of hydrogen-bond acceptors (Lipinski definition) is 3. The SMILES string of the molecule is O=C1CCC(C(=O)NCc2cc(Cl)ccc2F)=NN1. The van der Waals surface area contributed by atoms with E-state index in [-0.39, 0.29) is 31.0 Å². The molecule has 0 spiro atoms. The maximum atomic E-state index is 13.4. The van der Waals surface area contributed by atoms with Crippen molar-refractivity contribution in [3.63, 3.8) is 0 Å². The van der Waals surface area contributed by atoms with Crippen LogP contribution in [-0.2, 0) is 16.1 Å². The molecule has 2 amide bonds. The Morgan fingerprint density at radius 3 is 2.95 bits per heavy atom. The fourth-order valence-corrected chi connectivity index (χ4v) is 1.79. The molecule has 2 N–H and O–H groups in total. The monoisotopic (exact) mass is 283 g/mol. The highest BCUT2D eigenvalue weighted by Crippen LogP contribution is 2.14. The van der Waals surface area contributed by atoms with Crippen molar-refractivity contribution >= 4 is 29.1 Å². The van der Waals surface area contributed by atoms with Crippen LogP contribution in [0.4, 0.5) is 4.39 Å². The van der Waals surface area contributed by atoms with Crippen molar-refractivity contribution < 1.29 is 14.0 Å². The fraction of sp³-hybridized carbons (Fsp3) is 0.250. The second-order valence-electron chi connectivity index (χ2n) is 4.01. The minimum absolute atomic E-state index is 0.0121. The summed E-state index contributed by atoms with van der Waals surface area (Å²) in [6, 6.07) is 4.12. The van der Waals surface area contributed by atoms with Gasteiger partial charge in [-0.2, -0.15) is 5.10 Å². The van der Waals surface area contributed by atoms with Crippen molar-refractivity contribution in [1.29, 1.82) is 0 Å². The molecule has 0 radical (unpaired) electrons. The van der Waals surface area contributed by atoms with Crippen LogP contribution in [0.3, 0.4) is 0 Å². The third kappa shape index (κ3) is 3.51. The third-order valence-corrected chi connectivity index (χ3v) is 2.85. The van der Waals surface area contributed by atoms with Gasteiger partial charge in [-0.15, -0.1) is 0 Å². The minimum atomic E-state index is -0.441. The zero-order chi connectivity index (χ0) is 13.8. The minimum Gasteiger partial charge on any atom is -0.347 e. The first-order valence-electron chi connectivity index (χ1n) is 5.64. The highest BCUT2D eigenvalue weighted by Gasteiger charge is 2.18. The summed E-state index contributed by atoms with van der Waals surface area (Å²) < 4.78 is 13.4. The van der Waals surface area contributed by atoms with Gasteiger partial charge < -0.3 is 5.32 Å². The summed E-state index contributed by atoms with van der Waals surface area (Å²) in [4.78, 5) is 22.6. The van der Waals surface area contributed by atoms with Crippen molar-refractivity contribution in [1.82, 2.24) is 10.7 Å². The van der Waals surface area contributed by atoms with Crippen molar-refractivity contribution in [2.45, 2.75) is 19.4 Å². The van der Waals surface area contributed by atoms with Crippen LogP contribution in [0.15, 0.2) is 23.3 Å². The van der Waals surface area contributed by atoms with E-state index in [0.717, 1.165) is 0 Å². The Balaban J connectivity index is 1.97. The average Bonchev–Trinajstić information content (AvgIpc) is 2.40. The topological polar surface area (TPSA) is 70.6 Å². The Kier molecular flexibility index (Phi) is 4.11. The zero-order valence-corrected chi connectivity index (χ0v) is 10.6. The van der Waals surface area contributed by atoms with Crippen molar-refractivity contribution in [2.75, 3.05) is 0 Å². The van der Waals surface area contributed by atoms with Gasteiger partial charge in [0.2, 0.25) is 5.91 Å². The summed E-state index contributed by atoms with van der Waals surface area (Å²) in [5.41, 5.74) is 2.74. The molecule has 0 saturated heterocycles. The molecule has 0 bridgehead atoms. The molecule has 1 aliphatic rings. The van der Waals surface area contributed by atoms with Gasteiger partial charge in [-0.05, 0) is 18.2 Å². The van der Waals surface area contributed by atoms with Gasteiger partial charge in [0.05, 0.1) is 0 Å². The molecule has 0 unspecified atom stereocenters. The smallest absolute Gasteiger partial charge is 0.267 e. The second kappa shape index (κ2) is 5.79. The lowest BCUT2D eigenvalue weighted by atomic mass is 10.1. The maximum absolute atomic E-state index is 13.4. The van der Waals surface area contributed by atoms with Gasteiger partial charge in [0.15, 0.2) is 0 Å². The van der Waals surface area contributed by atoms with E-state index in [0.29, 0.717) is 10.6 Å². The number of rotatable bonds is 3. The number of benzene rings is 1. The first-order chi connectivity index (χ1) is 9.06. The summed E-state index contributed by atoms with van der Waals surface area (Å²) in [6.07, 6.45) is 0.494. The molecule has 0 atom stereocenters. The van der Waals surface area contributed by atoms with Crippen LogP contribution < -0.4 is 10.7 Å². The molecule has 0 fully saturated rings.